The molecule has 0 aliphatic heterocycles. The number of nitrogens with one attached hydrogen (secondary N) is 1. The van der Waals surface area contributed by atoms with Gasteiger partial charge in [0.15, 0.2) is 0 Å². The van der Waals surface area contributed by atoms with Crippen LogP contribution in [0.2, 0.25) is 0 Å². The van der Waals surface area contributed by atoms with Crippen molar-refractivity contribution >= 4 is 16.0 Å². The number of sulfonamides is 1. The molecule has 4 aromatic rings. The van der Waals surface area contributed by atoms with Crippen LogP contribution in [-0.2, 0) is 28.3 Å². The monoisotopic (exact) mass is 628 g/mol. The van der Waals surface area contributed by atoms with Crippen molar-refractivity contribution in [2.75, 3.05) is 11.8 Å². The Morgan fingerprint density at radius 2 is 1.56 bits per heavy atom. The topological polar surface area (TPSA) is 107 Å². The van der Waals surface area contributed by atoms with E-state index in [1.807, 2.05) is 38.1 Å². The molecule has 0 aliphatic rings. The van der Waals surface area contributed by atoms with Gasteiger partial charge in [-0.3, -0.25) is 0 Å². The van der Waals surface area contributed by atoms with Crippen molar-refractivity contribution in [3.05, 3.63) is 100 Å². The fourth-order valence-electron chi connectivity index (χ4n) is 5.65. The van der Waals surface area contributed by atoms with Crippen LogP contribution in [0.3, 0.4) is 0 Å². The Labute approximate surface area is 269 Å². The van der Waals surface area contributed by atoms with Crippen LogP contribution in [0.4, 0.5) is 5.95 Å². The molecule has 1 heterocycles. The SMILES string of the molecule is COc1cc(-c2c(C)cccc2C)nc(NS(=O)(=O)c2cccc(CC(N)Cc3cc(C(C)(C)C)ccc3C(C)C(C)C)c2)n1. The molecule has 1 aromatic heterocycles. The summed E-state index contributed by atoms with van der Waals surface area (Å²) in [6.07, 6.45) is 1.23. The zero-order valence-corrected chi connectivity index (χ0v) is 28.9. The zero-order chi connectivity index (χ0) is 33.1. The minimum absolute atomic E-state index is 0.0279. The molecule has 240 valence electrons. The van der Waals surface area contributed by atoms with Gasteiger partial charge in [-0.15, -0.1) is 0 Å². The van der Waals surface area contributed by atoms with Gasteiger partial charge >= 0.3 is 0 Å². The van der Waals surface area contributed by atoms with E-state index >= 15 is 0 Å². The highest BCUT2D eigenvalue weighted by molar-refractivity contribution is 7.92. The van der Waals surface area contributed by atoms with E-state index in [4.69, 9.17) is 10.5 Å². The van der Waals surface area contributed by atoms with Crippen LogP contribution in [0.5, 0.6) is 5.88 Å². The summed E-state index contributed by atoms with van der Waals surface area (Å²) in [6, 6.07) is 21.2. The predicted molar refractivity (Wildman–Crippen MR) is 185 cm³/mol. The molecule has 0 spiro atoms. The predicted octanol–water partition coefficient (Wildman–Crippen LogP) is 7.74. The summed E-state index contributed by atoms with van der Waals surface area (Å²) in [5, 5.41) is 0. The molecule has 0 amide bonds. The van der Waals surface area contributed by atoms with Crippen LogP contribution in [0.1, 0.15) is 80.8 Å². The zero-order valence-electron chi connectivity index (χ0n) is 28.1. The molecule has 0 bridgehead atoms. The third-order valence-corrected chi connectivity index (χ3v) is 9.89. The molecule has 0 saturated carbocycles. The van der Waals surface area contributed by atoms with Crippen molar-refractivity contribution < 1.29 is 13.2 Å². The molecule has 3 N–H and O–H groups in total. The average Bonchev–Trinajstić information content (AvgIpc) is 2.96. The molecule has 2 unspecified atom stereocenters. The highest BCUT2D eigenvalue weighted by Gasteiger charge is 2.22. The van der Waals surface area contributed by atoms with E-state index < -0.39 is 10.0 Å². The number of ether oxygens (including phenoxy) is 1. The molecule has 3 aromatic carbocycles. The quantitative estimate of drug-likeness (QED) is 0.176. The molecule has 4 rings (SSSR count). The summed E-state index contributed by atoms with van der Waals surface area (Å²) in [6.45, 7) is 17.4. The first-order valence-electron chi connectivity index (χ1n) is 15.6. The first-order chi connectivity index (χ1) is 21.1. The van der Waals surface area contributed by atoms with Crippen molar-refractivity contribution in [3.8, 4) is 17.1 Å². The Hall–Kier alpha value is -3.75. The average molecular weight is 629 g/mol. The molecule has 7 nitrogen and oxygen atoms in total. The third kappa shape index (κ3) is 8.30. The molecule has 8 heteroatoms. The molecule has 2 atom stereocenters. The van der Waals surface area contributed by atoms with Crippen molar-refractivity contribution in [3.63, 3.8) is 0 Å². The van der Waals surface area contributed by atoms with Gasteiger partial charge in [-0.2, -0.15) is 4.98 Å². The normalized spacial score (nSPS) is 13.5. The van der Waals surface area contributed by atoms with E-state index in [2.05, 4.69) is 74.4 Å². The lowest BCUT2D eigenvalue weighted by atomic mass is 9.80. The van der Waals surface area contributed by atoms with E-state index in [0.717, 1.165) is 22.3 Å². The highest BCUT2D eigenvalue weighted by Crippen LogP contribution is 2.33. The van der Waals surface area contributed by atoms with Crippen LogP contribution in [0, 0.1) is 19.8 Å². The smallest absolute Gasteiger partial charge is 0.264 e. The molecule has 0 saturated heterocycles. The number of methoxy groups -OCH3 is 1. The second-order valence-corrected chi connectivity index (χ2v) is 15.2. The number of anilines is 1. The van der Waals surface area contributed by atoms with Crippen LogP contribution in [0.25, 0.3) is 11.3 Å². The molecular formula is C37H48N4O3S. The molecular weight excluding hydrogens is 580 g/mol. The van der Waals surface area contributed by atoms with Gasteiger partial charge in [-0.25, -0.2) is 18.1 Å². The van der Waals surface area contributed by atoms with Gasteiger partial charge in [0.25, 0.3) is 10.0 Å². The Morgan fingerprint density at radius 1 is 0.889 bits per heavy atom. The van der Waals surface area contributed by atoms with Crippen LogP contribution in [0.15, 0.2) is 71.6 Å². The highest BCUT2D eigenvalue weighted by atomic mass is 32.2. The lowest BCUT2D eigenvalue weighted by Gasteiger charge is -2.26. The van der Waals surface area contributed by atoms with Crippen molar-refractivity contribution in [2.45, 2.75) is 90.5 Å². The van der Waals surface area contributed by atoms with Gasteiger partial charge < -0.3 is 10.5 Å². The lowest BCUT2D eigenvalue weighted by molar-refractivity contribution is 0.398. The van der Waals surface area contributed by atoms with Gasteiger partial charge in [0.1, 0.15) is 0 Å². The molecule has 45 heavy (non-hydrogen) atoms. The Morgan fingerprint density at radius 3 is 2.18 bits per heavy atom. The molecule has 0 aliphatic carbocycles. The summed E-state index contributed by atoms with van der Waals surface area (Å²) >= 11 is 0. The van der Waals surface area contributed by atoms with E-state index in [-0.39, 0.29) is 28.2 Å². The number of benzene rings is 3. The maximum atomic E-state index is 13.6. The Kier molecular flexibility index (Phi) is 10.4. The fourth-order valence-corrected chi connectivity index (χ4v) is 6.66. The van der Waals surface area contributed by atoms with Gasteiger partial charge in [0.05, 0.1) is 17.7 Å². The number of aryl methyl sites for hydroxylation is 2. The summed E-state index contributed by atoms with van der Waals surface area (Å²) < 4.78 is 35.1. The van der Waals surface area contributed by atoms with E-state index in [0.29, 0.717) is 30.4 Å². The van der Waals surface area contributed by atoms with E-state index in [9.17, 15) is 8.42 Å². The van der Waals surface area contributed by atoms with E-state index in [1.54, 1.807) is 24.3 Å². The number of rotatable bonds is 11. The molecule has 0 radical (unpaired) electrons. The fraction of sp³-hybridized carbons (Fsp3) is 0.405. The number of aromatic nitrogens is 2. The number of hydrogen-bond acceptors (Lipinski definition) is 6. The maximum Gasteiger partial charge on any atom is 0.264 e. The van der Waals surface area contributed by atoms with E-state index in [1.165, 1.54) is 23.8 Å². The van der Waals surface area contributed by atoms with Gasteiger partial charge in [0.2, 0.25) is 11.8 Å². The van der Waals surface area contributed by atoms with Crippen LogP contribution < -0.4 is 15.2 Å². The van der Waals surface area contributed by atoms with Crippen LogP contribution in [-0.4, -0.2) is 31.5 Å². The lowest BCUT2D eigenvalue weighted by Crippen LogP contribution is -2.27. The van der Waals surface area contributed by atoms with Crippen LogP contribution >= 0.6 is 0 Å². The van der Waals surface area contributed by atoms with Gasteiger partial charge in [0, 0.05) is 17.7 Å². The Balaban J connectivity index is 1.58. The summed E-state index contributed by atoms with van der Waals surface area (Å²) in [4.78, 5) is 8.96. The summed E-state index contributed by atoms with van der Waals surface area (Å²) in [5.41, 5.74) is 15.0. The van der Waals surface area contributed by atoms with Crippen molar-refractivity contribution in [1.29, 1.82) is 0 Å². The largest absolute Gasteiger partial charge is 0.481 e. The summed E-state index contributed by atoms with van der Waals surface area (Å²) in [5.74, 6) is 1.11. The standard InChI is InChI=1S/C37H48N4O3S/c1-23(2)26(5)32-17-16-29(37(6,7)8)20-28(32)21-30(38)18-27-14-11-15-31(19-27)45(42,43)41-36-39-33(22-34(40-36)44-9)35-24(3)12-10-13-25(35)4/h10-17,19-20,22-23,26,30H,18,21,38H2,1-9H3,(H,39,40,41). The number of nitrogens with zero attached hydrogens (tertiary/aromatic N) is 2. The second kappa shape index (κ2) is 13.7. The third-order valence-electron chi connectivity index (χ3n) is 8.56. The van der Waals surface area contributed by atoms with Gasteiger partial charge in [-0.05, 0) is 89.5 Å². The number of nitrogens with two attached hydrogens (primary N) is 1. The number of hydrogen-bond donors (Lipinski definition) is 2. The first kappa shape index (κ1) is 34.1. The Bertz CT molecular complexity index is 1740. The maximum absolute atomic E-state index is 13.6. The van der Waals surface area contributed by atoms with Gasteiger partial charge in [-0.1, -0.05) is 90.1 Å². The second-order valence-electron chi connectivity index (χ2n) is 13.5. The minimum Gasteiger partial charge on any atom is -0.481 e. The first-order valence-corrected chi connectivity index (χ1v) is 17.1. The molecule has 0 fully saturated rings. The summed E-state index contributed by atoms with van der Waals surface area (Å²) in [7, 11) is -2.50. The minimum atomic E-state index is -4.00. The van der Waals surface area contributed by atoms with Crippen molar-refractivity contribution in [2.24, 2.45) is 11.7 Å². The van der Waals surface area contributed by atoms with Crippen molar-refractivity contribution in [1.82, 2.24) is 9.97 Å².